The molecule has 30 heavy (non-hydrogen) atoms. The van der Waals surface area contributed by atoms with E-state index >= 15 is 0 Å². The maximum atomic E-state index is 12.4. The average Bonchev–Trinajstić information content (AvgIpc) is 3.45. The molecule has 0 radical (unpaired) electrons. The number of phenolic OH excluding ortho intramolecular Hbond substituents is 1. The number of H-pyrrole nitrogens is 1. The molecule has 2 aliphatic carbocycles. The van der Waals surface area contributed by atoms with Crippen LogP contribution >= 0.6 is 15.9 Å². The standard InChI is InChI=1S/C25H27BrN2O2/c26-20-5-2-6-21-23(20)19-12-25(30)15-28(14-16-7-8-16)10-9-24(25,13-22(19)27-21)17-3-1-4-18(29)11-17/h1-6,11,16,27,29-30H,7-10,12-15H2/t24-,25-/m0/s1. The molecular formula is C25H27BrN2O2. The van der Waals surface area contributed by atoms with E-state index in [2.05, 4.69) is 50.1 Å². The predicted octanol–water partition coefficient (Wildman–Crippen LogP) is 4.52. The van der Waals surface area contributed by atoms with E-state index in [0.29, 0.717) is 13.0 Å². The summed E-state index contributed by atoms with van der Waals surface area (Å²) < 4.78 is 1.08. The molecule has 3 aromatic rings. The third-order valence-electron chi connectivity index (χ3n) is 7.76. The third-order valence-corrected chi connectivity index (χ3v) is 8.42. The molecule has 0 bridgehead atoms. The van der Waals surface area contributed by atoms with E-state index in [1.165, 1.54) is 29.5 Å². The van der Waals surface area contributed by atoms with E-state index in [4.69, 9.17) is 0 Å². The molecule has 6 rings (SSSR count). The van der Waals surface area contributed by atoms with Crippen molar-refractivity contribution in [3.8, 4) is 5.75 Å². The monoisotopic (exact) mass is 466 g/mol. The zero-order chi connectivity index (χ0) is 20.5. The molecule has 2 atom stereocenters. The third kappa shape index (κ3) is 2.79. The highest BCUT2D eigenvalue weighted by Gasteiger charge is 2.58. The van der Waals surface area contributed by atoms with Crippen molar-refractivity contribution in [3.63, 3.8) is 0 Å². The van der Waals surface area contributed by atoms with Crippen LogP contribution in [0.1, 0.15) is 36.1 Å². The van der Waals surface area contributed by atoms with Crippen LogP contribution < -0.4 is 0 Å². The number of halogens is 1. The van der Waals surface area contributed by atoms with E-state index in [9.17, 15) is 10.2 Å². The second-order valence-corrected chi connectivity index (χ2v) is 10.5. The quantitative estimate of drug-likeness (QED) is 0.531. The number of aromatic nitrogens is 1. The number of hydrogen-bond acceptors (Lipinski definition) is 3. The Bertz CT molecular complexity index is 1140. The zero-order valence-corrected chi connectivity index (χ0v) is 18.6. The molecule has 1 aromatic heterocycles. The predicted molar refractivity (Wildman–Crippen MR) is 122 cm³/mol. The number of phenols is 1. The van der Waals surface area contributed by atoms with Crippen molar-refractivity contribution < 1.29 is 10.2 Å². The van der Waals surface area contributed by atoms with Crippen LogP contribution in [0.5, 0.6) is 5.75 Å². The summed E-state index contributed by atoms with van der Waals surface area (Å²) in [5, 5.41) is 23.8. The number of likely N-dealkylation sites (tertiary alicyclic amines) is 1. The van der Waals surface area contributed by atoms with Crippen LogP contribution in [-0.4, -0.2) is 45.3 Å². The molecule has 2 aromatic carbocycles. The number of aromatic hydroxyl groups is 1. The van der Waals surface area contributed by atoms with Gasteiger partial charge in [-0.2, -0.15) is 0 Å². The number of aromatic amines is 1. The molecule has 1 saturated heterocycles. The topological polar surface area (TPSA) is 59.5 Å². The molecule has 1 aliphatic heterocycles. The van der Waals surface area contributed by atoms with Gasteiger partial charge in [-0.3, -0.25) is 0 Å². The molecule has 0 amide bonds. The Morgan fingerprint density at radius 3 is 2.77 bits per heavy atom. The fourth-order valence-electron chi connectivity index (χ4n) is 6.06. The summed E-state index contributed by atoms with van der Waals surface area (Å²) in [5.74, 6) is 1.08. The second kappa shape index (κ2) is 6.59. The summed E-state index contributed by atoms with van der Waals surface area (Å²) in [6, 6.07) is 13.8. The fourth-order valence-corrected chi connectivity index (χ4v) is 6.67. The molecule has 5 heteroatoms. The number of piperidine rings is 1. The first-order valence-electron chi connectivity index (χ1n) is 11.0. The molecule has 0 spiro atoms. The number of benzene rings is 2. The molecule has 2 heterocycles. The summed E-state index contributed by atoms with van der Waals surface area (Å²) in [4.78, 5) is 6.13. The van der Waals surface area contributed by atoms with Crippen LogP contribution in [0.3, 0.4) is 0 Å². The van der Waals surface area contributed by atoms with E-state index in [1.807, 2.05) is 12.1 Å². The van der Waals surface area contributed by atoms with Crippen LogP contribution in [0.25, 0.3) is 10.9 Å². The lowest BCUT2D eigenvalue weighted by atomic mass is 9.56. The van der Waals surface area contributed by atoms with E-state index in [0.717, 1.165) is 47.4 Å². The summed E-state index contributed by atoms with van der Waals surface area (Å²) in [7, 11) is 0. The van der Waals surface area contributed by atoms with Gasteiger partial charge in [-0.25, -0.2) is 0 Å². The van der Waals surface area contributed by atoms with Crippen molar-refractivity contribution in [3.05, 3.63) is 63.8 Å². The minimum atomic E-state index is -0.870. The lowest BCUT2D eigenvalue weighted by Gasteiger charge is -2.56. The summed E-state index contributed by atoms with van der Waals surface area (Å²) in [6.45, 7) is 2.78. The highest BCUT2D eigenvalue weighted by molar-refractivity contribution is 9.10. The van der Waals surface area contributed by atoms with Gasteiger partial charge >= 0.3 is 0 Å². The van der Waals surface area contributed by atoms with Crippen molar-refractivity contribution in [1.82, 2.24) is 9.88 Å². The molecule has 1 saturated carbocycles. The number of hydrogen-bond donors (Lipinski definition) is 3. The Morgan fingerprint density at radius 1 is 1.13 bits per heavy atom. The Hall–Kier alpha value is -1.82. The first-order chi connectivity index (χ1) is 14.5. The highest BCUT2D eigenvalue weighted by atomic mass is 79.9. The number of aliphatic hydroxyl groups is 1. The second-order valence-electron chi connectivity index (χ2n) is 9.69. The Morgan fingerprint density at radius 2 is 1.97 bits per heavy atom. The summed E-state index contributed by atoms with van der Waals surface area (Å²) in [6.07, 6.45) is 4.94. The smallest absolute Gasteiger partial charge is 0.115 e. The number of rotatable bonds is 3. The SMILES string of the molecule is Oc1cccc([C@@]23CCN(CC4CC4)C[C@@]2(O)Cc2c([nH]c4cccc(Br)c24)C3)c1. The van der Waals surface area contributed by atoms with Gasteiger partial charge in [0.25, 0.3) is 0 Å². The van der Waals surface area contributed by atoms with Crippen LogP contribution in [0, 0.1) is 5.92 Å². The van der Waals surface area contributed by atoms with Gasteiger partial charge in [-0.1, -0.05) is 34.1 Å². The molecule has 2 fully saturated rings. The summed E-state index contributed by atoms with van der Waals surface area (Å²) >= 11 is 3.74. The first kappa shape index (κ1) is 18.9. The van der Waals surface area contributed by atoms with Crippen LogP contribution in [-0.2, 0) is 18.3 Å². The fraction of sp³-hybridized carbons (Fsp3) is 0.440. The van der Waals surface area contributed by atoms with Gasteiger partial charge < -0.3 is 20.1 Å². The van der Waals surface area contributed by atoms with Crippen LogP contribution in [0.4, 0.5) is 0 Å². The van der Waals surface area contributed by atoms with Crippen LogP contribution in [0.2, 0.25) is 0 Å². The van der Waals surface area contributed by atoms with Gasteiger partial charge in [0, 0.05) is 52.4 Å². The number of nitrogens with one attached hydrogen (secondary N) is 1. The molecule has 4 nitrogen and oxygen atoms in total. The van der Waals surface area contributed by atoms with Crippen molar-refractivity contribution in [2.24, 2.45) is 5.92 Å². The van der Waals surface area contributed by atoms with Gasteiger partial charge in [0.2, 0.25) is 0 Å². The maximum Gasteiger partial charge on any atom is 0.115 e. The Labute approximate surface area is 185 Å². The zero-order valence-electron chi connectivity index (χ0n) is 17.0. The van der Waals surface area contributed by atoms with Gasteiger partial charge in [0.15, 0.2) is 0 Å². The van der Waals surface area contributed by atoms with Crippen molar-refractivity contribution >= 4 is 26.8 Å². The van der Waals surface area contributed by atoms with Gasteiger partial charge in [-0.05, 0) is 67.1 Å². The molecule has 3 N–H and O–H groups in total. The molecular weight excluding hydrogens is 440 g/mol. The average molecular weight is 467 g/mol. The maximum absolute atomic E-state index is 12.4. The highest BCUT2D eigenvalue weighted by Crippen LogP contribution is 2.52. The van der Waals surface area contributed by atoms with Gasteiger partial charge in [-0.15, -0.1) is 0 Å². The van der Waals surface area contributed by atoms with Crippen molar-refractivity contribution in [1.29, 1.82) is 0 Å². The first-order valence-corrected chi connectivity index (χ1v) is 11.8. The Balaban J connectivity index is 1.51. The largest absolute Gasteiger partial charge is 0.508 e. The van der Waals surface area contributed by atoms with E-state index in [-0.39, 0.29) is 5.75 Å². The van der Waals surface area contributed by atoms with E-state index in [1.54, 1.807) is 6.07 Å². The van der Waals surface area contributed by atoms with E-state index < -0.39 is 11.0 Å². The molecule has 0 unspecified atom stereocenters. The molecule has 3 aliphatic rings. The number of nitrogens with zero attached hydrogens (tertiary/aromatic N) is 1. The lowest BCUT2D eigenvalue weighted by molar-refractivity contribution is -0.103. The number of β-amino-alcohol motifs (C(OH)–C–C–N with tert-alkyl or cyclic N) is 1. The Kier molecular flexibility index (Phi) is 4.15. The molecule has 156 valence electrons. The minimum absolute atomic E-state index is 0.273. The van der Waals surface area contributed by atoms with Gasteiger partial charge in [0.1, 0.15) is 5.75 Å². The minimum Gasteiger partial charge on any atom is -0.508 e. The summed E-state index contributed by atoms with van der Waals surface area (Å²) in [5.41, 5.74) is 3.37. The van der Waals surface area contributed by atoms with Gasteiger partial charge in [0.05, 0.1) is 5.60 Å². The lowest BCUT2D eigenvalue weighted by Crippen LogP contribution is -2.66. The van der Waals surface area contributed by atoms with Crippen molar-refractivity contribution in [2.75, 3.05) is 19.6 Å². The normalized spacial score (nSPS) is 29.0. The number of fused-ring (bicyclic) bond motifs is 4. The van der Waals surface area contributed by atoms with Crippen LogP contribution in [0.15, 0.2) is 46.9 Å². The van der Waals surface area contributed by atoms with Crippen molar-refractivity contribution in [2.45, 2.75) is 43.1 Å².